The molecule has 6 nitrogen and oxygen atoms in total. The fourth-order valence-corrected chi connectivity index (χ4v) is 5.29. The van der Waals surface area contributed by atoms with Gasteiger partial charge in [-0.1, -0.05) is 23.7 Å². The Balaban J connectivity index is 1.44. The van der Waals surface area contributed by atoms with Crippen molar-refractivity contribution in [3.8, 4) is 0 Å². The second kappa shape index (κ2) is 7.75. The van der Waals surface area contributed by atoms with Gasteiger partial charge in [-0.3, -0.25) is 14.5 Å². The molecule has 1 atom stereocenters. The Hall–Kier alpha value is -2.18. The van der Waals surface area contributed by atoms with Crippen molar-refractivity contribution >= 4 is 17.5 Å². The number of benzene rings is 1. The van der Waals surface area contributed by atoms with Gasteiger partial charge in [0.2, 0.25) is 5.91 Å². The smallest absolute Gasteiger partial charge is 0.254 e. The van der Waals surface area contributed by atoms with Crippen LogP contribution in [0.5, 0.6) is 0 Å². The number of carbonyl (C=O) groups excluding carboxylic acids is 1. The number of nitrogens with zero attached hydrogens (tertiary/aromatic N) is 3. The van der Waals surface area contributed by atoms with E-state index < -0.39 is 5.41 Å². The molecular weight excluding hydrogens is 412 g/mol. The van der Waals surface area contributed by atoms with E-state index in [0.717, 1.165) is 55.5 Å². The van der Waals surface area contributed by atoms with Crippen molar-refractivity contribution < 1.29 is 4.79 Å². The Kier molecular flexibility index (Phi) is 5.18. The molecule has 3 aliphatic rings. The average Bonchev–Trinajstić information content (AvgIpc) is 3.42. The van der Waals surface area contributed by atoms with E-state index in [1.807, 2.05) is 29.2 Å². The molecule has 0 bridgehead atoms. The second-order valence-electron chi connectivity index (χ2n) is 9.44. The minimum absolute atomic E-state index is 0.0402. The first kappa shape index (κ1) is 20.7. The number of aromatic amines is 1. The van der Waals surface area contributed by atoms with E-state index in [1.54, 1.807) is 0 Å². The number of halogens is 1. The quantitative estimate of drug-likeness (QED) is 0.788. The molecular formula is C24H29ClN4O2. The number of rotatable bonds is 4. The van der Waals surface area contributed by atoms with Crippen LogP contribution in [0.2, 0.25) is 5.02 Å². The molecule has 0 unspecified atom stereocenters. The van der Waals surface area contributed by atoms with Gasteiger partial charge in [-0.2, -0.15) is 0 Å². The van der Waals surface area contributed by atoms with E-state index in [2.05, 4.69) is 23.7 Å². The molecule has 0 spiro atoms. The van der Waals surface area contributed by atoms with Crippen LogP contribution in [0.4, 0.5) is 0 Å². The molecule has 7 heteroatoms. The van der Waals surface area contributed by atoms with Gasteiger partial charge in [-0.15, -0.1) is 0 Å². The number of hydrogen-bond donors (Lipinski definition) is 1. The zero-order valence-corrected chi connectivity index (χ0v) is 18.9. The predicted octanol–water partition coefficient (Wildman–Crippen LogP) is 3.59. The van der Waals surface area contributed by atoms with Crippen LogP contribution in [0.1, 0.15) is 68.2 Å². The van der Waals surface area contributed by atoms with Gasteiger partial charge >= 0.3 is 0 Å². The van der Waals surface area contributed by atoms with E-state index >= 15 is 0 Å². The molecule has 31 heavy (non-hydrogen) atoms. The van der Waals surface area contributed by atoms with Crippen LogP contribution >= 0.6 is 11.6 Å². The molecule has 2 aromatic rings. The highest BCUT2D eigenvalue weighted by Gasteiger charge is 2.54. The van der Waals surface area contributed by atoms with E-state index in [9.17, 15) is 9.59 Å². The Morgan fingerprint density at radius 1 is 1.23 bits per heavy atom. The van der Waals surface area contributed by atoms with Crippen molar-refractivity contribution in [2.75, 3.05) is 13.1 Å². The minimum atomic E-state index is -0.448. The number of nitrogens with one attached hydrogen (secondary N) is 1. The Morgan fingerprint density at radius 3 is 2.65 bits per heavy atom. The molecule has 1 N–H and O–H groups in total. The van der Waals surface area contributed by atoms with Gasteiger partial charge in [0, 0.05) is 36.3 Å². The average molecular weight is 441 g/mol. The maximum Gasteiger partial charge on any atom is 0.254 e. The Labute approximate surface area is 187 Å². The third-order valence-electron chi connectivity index (χ3n) is 7.24. The van der Waals surface area contributed by atoms with E-state index in [0.29, 0.717) is 30.0 Å². The predicted molar refractivity (Wildman–Crippen MR) is 120 cm³/mol. The van der Waals surface area contributed by atoms with Gasteiger partial charge in [0.25, 0.3) is 5.56 Å². The molecule has 5 rings (SSSR count). The molecule has 1 aliphatic carbocycles. The third-order valence-corrected chi connectivity index (χ3v) is 7.49. The summed E-state index contributed by atoms with van der Waals surface area (Å²) in [6, 6.07) is 7.90. The molecule has 1 aromatic heterocycles. The topological polar surface area (TPSA) is 69.3 Å². The molecule has 1 aromatic carbocycles. The highest BCUT2D eigenvalue weighted by molar-refractivity contribution is 6.30. The summed E-state index contributed by atoms with van der Waals surface area (Å²) in [5, 5.41) is 0.678. The number of H-pyrrole nitrogens is 1. The fraction of sp³-hybridized carbons (Fsp3) is 0.542. The lowest BCUT2D eigenvalue weighted by Crippen LogP contribution is -2.42. The number of likely N-dealkylation sites (tertiary alicyclic amines) is 1. The molecule has 3 heterocycles. The van der Waals surface area contributed by atoms with Crippen LogP contribution in [-0.2, 0) is 23.2 Å². The van der Waals surface area contributed by atoms with Crippen LogP contribution in [0.15, 0.2) is 29.1 Å². The summed E-state index contributed by atoms with van der Waals surface area (Å²) in [5.41, 5.74) is 2.22. The van der Waals surface area contributed by atoms with Crippen molar-refractivity contribution in [3.63, 3.8) is 0 Å². The molecule has 1 saturated carbocycles. The first-order chi connectivity index (χ1) is 14.9. The standard InChI is InChI=1S/C24H29ClN4O2/c1-15(2)28-13-9-18-19(14-28)26-21(27-22(18)30)20-4-3-12-29(20)23(31)24(10-11-24)16-5-7-17(25)8-6-16/h5-8,15,20H,3-4,9-14H2,1-2H3,(H,26,27,30)/t20-/m0/s1. The van der Waals surface area contributed by atoms with Crippen molar-refractivity contribution in [2.24, 2.45) is 0 Å². The van der Waals surface area contributed by atoms with Crippen LogP contribution in [0.25, 0.3) is 0 Å². The van der Waals surface area contributed by atoms with Crippen molar-refractivity contribution in [1.82, 2.24) is 19.8 Å². The number of fused-ring (bicyclic) bond motifs is 1. The molecule has 2 fully saturated rings. The van der Waals surface area contributed by atoms with Gasteiger partial charge in [-0.05, 0) is 63.6 Å². The Bertz CT molecular complexity index is 1060. The summed E-state index contributed by atoms with van der Waals surface area (Å²) >= 11 is 6.05. The highest BCUT2D eigenvalue weighted by atomic mass is 35.5. The number of hydrogen-bond acceptors (Lipinski definition) is 4. The molecule has 0 radical (unpaired) electrons. The maximum absolute atomic E-state index is 13.7. The summed E-state index contributed by atoms with van der Waals surface area (Å²) in [7, 11) is 0. The lowest BCUT2D eigenvalue weighted by Gasteiger charge is -2.32. The molecule has 164 valence electrons. The monoisotopic (exact) mass is 440 g/mol. The summed E-state index contributed by atoms with van der Waals surface area (Å²) in [6.07, 6.45) is 4.19. The van der Waals surface area contributed by atoms with Crippen LogP contribution in [-0.4, -0.2) is 44.8 Å². The van der Waals surface area contributed by atoms with Gasteiger partial charge in [0.15, 0.2) is 0 Å². The lowest BCUT2D eigenvalue weighted by molar-refractivity contribution is -0.135. The van der Waals surface area contributed by atoms with Gasteiger partial charge in [-0.25, -0.2) is 4.98 Å². The first-order valence-corrected chi connectivity index (χ1v) is 11.7. The van der Waals surface area contributed by atoms with Crippen molar-refractivity contribution in [1.29, 1.82) is 0 Å². The van der Waals surface area contributed by atoms with E-state index in [-0.39, 0.29) is 17.5 Å². The normalized spacial score (nSPS) is 22.6. The molecule has 2 aliphatic heterocycles. The first-order valence-electron chi connectivity index (χ1n) is 11.3. The molecule has 1 amide bonds. The van der Waals surface area contributed by atoms with Crippen LogP contribution in [0.3, 0.4) is 0 Å². The zero-order chi connectivity index (χ0) is 21.8. The fourth-order valence-electron chi connectivity index (χ4n) is 5.17. The zero-order valence-electron chi connectivity index (χ0n) is 18.2. The van der Waals surface area contributed by atoms with E-state index in [4.69, 9.17) is 16.6 Å². The van der Waals surface area contributed by atoms with E-state index in [1.165, 1.54) is 0 Å². The van der Waals surface area contributed by atoms with Crippen LogP contribution in [0, 0.1) is 0 Å². The van der Waals surface area contributed by atoms with Crippen LogP contribution < -0.4 is 5.56 Å². The summed E-state index contributed by atoms with van der Waals surface area (Å²) in [5.74, 6) is 0.800. The lowest BCUT2D eigenvalue weighted by atomic mass is 9.94. The number of aromatic nitrogens is 2. The Morgan fingerprint density at radius 2 is 1.97 bits per heavy atom. The third kappa shape index (κ3) is 3.60. The van der Waals surface area contributed by atoms with Gasteiger partial charge in [0.05, 0.1) is 17.2 Å². The largest absolute Gasteiger partial charge is 0.332 e. The molecule has 1 saturated heterocycles. The second-order valence-corrected chi connectivity index (χ2v) is 9.87. The summed E-state index contributed by atoms with van der Waals surface area (Å²) in [4.78, 5) is 38.7. The summed E-state index contributed by atoms with van der Waals surface area (Å²) in [6.45, 7) is 6.62. The number of carbonyl (C=O) groups is 1. The van der Waals surface area contributed by atoms with Crippen molar-refractivity contribution in [3.05, 3.63) is 62.3 Å². The van der Waals surface area contributed by atoms with Gasteiger partial charge < -0.3 is 9.88 Å². The number of amides is 1. The summed E-state index contributed by atoms with van der Waals surface area (Å²) < 4.78 is 0. The maximum atomic E-state index is 13.7. The van der Waals surface area contributed by atoms with Gasteiger partial charge in [0.1, 0.15) is 5.82 Å². The minimum Gasteiger partial charge on any atom is -0.332 e. The van der Waals surface area contributed by atoms with Crippen molar-refractivity contribution in [2.45, 2.75) is 70.0 Å². The highest BCUT2D eigenvalue weighted by Crippen LogP contribution is 2.51. The SMILES string of the molecule is CC(C)N1CCc2c(nc([C@@H]3CCCN3C(=O)C3(c4ccc(Cl)cc4)CC3)[nH]c2=O)C1.